The van der Waals surface area contributed by atoms with Crippen LogP contribution in [0.4, 0.5) is 0 Å². The molecule has 0 amide bonds. The molecule has 0 aliphatic rings. The normalized spacial score (nSPS) is 11.7. The Balaban J connectivity index is 2.32. The molecular formula is C16H20N2O3S. The van der Waals surface area contributed by atoms with E-state index in [9.17, 15) is 8.42 Å². The average Bonchev–Trinajstić information content (AvgIpc) is 2.45. The summed E-state index contributed by atoms with van der Waals surface area (Å²) in [6, 6.07) is 8.41. The van der Waals surface area contributed by atoms with Gasteiger partial charge in [-0.05, 0) is 36.6 Å². The van der Waals surface area contributed by atoms with Gasteiger partial charge in [-0.15, -0.1) is 0 Å². The van der Waals surface area contributed by atoms with Crippen LogP contribution in [0.25, 0.3) is 11.1 Å². The van der Waals surface area contributed by atoms with Crippen LogP contribution in [0.15, 0.2) is 41.4 Å². The van der Waals surface area contributed by atoms with Gasteiger partial charge in [0.1, 0.15) is 0 Å². The smallest absolute Gasteiger partial charge is 0.238 e. The Morgan fingerprint density at radius 3 is 2.55 bits per heavy atom. The van der Waals surface area contributed by atoms with E-state index in [4.69, 9.17) is 9.88 Å². The molecule has 1 heterocycles. The molecule has 2 aromatic rings. The van der Waals surface area contributed by atoms with E-state index in [0.717, 1.165) is 16.7 Å². The maximum atomic E-state index is 11.4. The van der Waals surface area contributed by atoms with E-state index in [0.29, 0.717) is 18.4 Å². The highest BCUT2D eigenvalue weighted by molar-refractivity contribution is 7.89. The van der Waals surface area contributed by atoms with Gasteiger partial charge in [0.05, 0.1) is 11.5 Å². The molecule has 0 spiro atoms. The van der Waals surface area contributed by atoms with Gasteiger partial charge in [-0.1, -0.05) is 26.0 Å². The predicted molar refractivity (Wildman–Crippen MR) is 86.1 cm³/mol. The molecule has 0 saturated heterocycles. The summed E-state index contributed by atoms with van der Waals surface area (Å²) >= 11 is 0. The fraction of sp³-hybridized carbons (Fsp3) is 0.312. The van der Waals surface area contributed by atoms with E-state index in [1.807, 2.05) is 19.1 Å². The number of nitrogens with two attached hydrogens (primary N) is 1. The highest BCUT2D eigenvalue weighted by Gasteiger charge is 2.10. The first kappa shape index (κ1) is 16.5. The van der Waals surface area contributed by atoms with Crippen molar-refractivity contribution in [1.82, 2.24) is 4.98 Å². The molecule has 6 heteroatoms. The van der Waals surface area contributed by atoms with Gasteiger partial charge in [-0.2, -0.15) is 0 Å². The summed E-state index contributed by atoms with van der Waals surface area (Å²) in [5.74, 6) is 1.02. The molecule has 5 nitrogen and oxygen atoms in total. The van der Waals surface area contributed by atoms with Crippen molar-refractivity contribution in [2.75, 3.05) is 6.61 Å². The third kappa shape index (κ3) is 4.05. The maximum absolute atomic E-state index is 11.4. The van der Waals surface area contributed by atoms with E-state index in [1.165, 1.54) is 6.07 Å². The molecule has 2 N–H and O–H groups in total. The van der Waals surface area contributed by atoms with Crippen LogP contribution in [-0.2, 0) is 10.0 Å². The molecule has 1 aromatic carbocycles. The number of ether oxygens (including phenoxy) is 1. The van der Waals surface area contributed by atoms with Crippen LogP contribution < -0.4 is 9.88 Å². The topological polar surface area (TPSA) is 82.3 Å². The van der Waals surface area contributed by atoms with Crippen molar-refractivity contribution in [3.8, 4) is 17.0 Å². The summed E-state index contributed by atoms with van der Waals surface area (Å²) in [6.45, 7) is 6.66. The van der Waals surface area contributed by atoms with Crippen LogP contribution in [0.2, 0.25) is 0 Å². The second-order valence-electron chi connectivity index (χ2n) is 5.62. The van der Waals surface area contributed by atoms with Crippen molar-refractivity contribution in [1.29, 1.82) is 0 Å². The lowest BCUT2D eigenvalue weighted by Crippen LogP contribution is -2.11. The Morgan fingerprint density at radius 1 is 1.23 bits per heavy atom. The molecule has 22 heavy (non-hydrogen) atoms. The van der Waals surface area contributed by atoms with Gasteiger partial charge >= 0.3 is 0 Å². The Bertz CT molecular complexity index is 771. The van der Waals surface area contributed by atoms with E-state index < -0.39 is 10.0 Å². The van der Waals surface area contributed by atoms with Crippen LogP contribution in [0, 0.1) is 12.8 Å². The molecule has 0 fully saturated rings. The summed E-state index contributed by atoms with van der Waals surface area (Å²) in [4.78, 5) is 4.40. The summed E-state index contributed by atoms with van der Waals surface area (Å²) in [6.07, 6.45) is 1.67. The molecular weight excluding hydrogens is 300 g/mol. The molecule has 0 unspecified atom stereocenters. The number of aromatic nitrogens is 1. The molecule has 0 aliphatic carbocycles. The van der Waals surface area contributed by atoms with Gasteiger partial charge in [-0.3, -0.25) is 0 Å². The van der Waals surface area contributed by atoms with Crippen molar-refractivity contribution in [3.63, 3.8) is 0 Å². The first-order valence-electron chi connectivity index (χ1n) is 7.00. The monoisotopic (exact) mass is 320 g/mol. The zero-order chi connectivity index (χ0) is 16.3. The predicted octanol–water partition coefficient (Wildman–Crippen LogP) is 2.74. The summed E-state index contributed by atoms with van der Waals surface area (Å²) in [7, 11) is -3.71. The number of benzene rings is 1. The number of rotatable bonds is 5. The Hall–Kier alpha value is -1.92. The zero-order valence-electron chi connectivity index (χ0n) is 12.9. The molecule has 0 radical (unpaired) electrons. The lowest BCUT2D eigenvalue weighted by molar-refractivity contribution is 0.259. The van der Waals surface area contributed by atoms with E-state index in [-0.39, 0.29) is 4.90 Å². The Labute approximate surface area is 131 Å². The van der Waals surface area contributed by atoms with Gasteiger partial charge in [0.25, 0.3) is 0 Å². The molecule has 0 atom stereocenters. The SMILES string of the molecule is Cc1cc(-c2cccc(S(N)(=O)=O)c2)cnc1OCC(C)C. The largest absolute Gasteiger partial charge is 0.477 e. The van der Waals surface area contributed by atoms with Crippen molar-refractivity contribution in [2.24, 2.45) is 11.1 Å². The minimum absolute atomic E-state index is 0.0859. The van der Waals surface area contributed by atoms with Crippen molar-refractivity contribution < 1.29 is 13.2 Å². The molecule has 118 valence electrons. The van der Waals surface area contributed by atoms with Gasteiger partial charge in [-0.25, -0.2) is 18.5 Å². The number of primary sulfonamides is 1. The van der Waals surface area contributed by atoms with Crippen LogP contribution in [-0.4, -0.2) is 20.0 Å². The first-order valence-corrected chi connectivity index (χ1v) is 8.54. The second-order valence-corrected chi connectivity index (χ2v) is 7.19. The van der Waals surface area contributed by atoms with Crippen molar-refractivity contribution >= 4 is 10.0 Å². The van der Waals surface area contributed by atoms with Crippen molar-refractivity contribution in [3.05, 3.63) is 42.1 Å². The minimum Gasteiger partial charge on any atom is -0.477 e. The van der Waals surface area contributed by atoms with E-state index >= 15 is 0 Å². The van der Waals surface area contributed by atoms with Crippen LogP contribution >= 0.6 is 0 Å². The third-order valence-corrected chi connectivity index (χ3v) is 3.99. The molecule has 2 rings (SSSR count). The molecule has 1 aromatic heterocycles. The summed E-state index contributed by atoms with van der Waals surface area (Å²) in [5, 5.41) is 5.16. The second kappa shape index (κ2) is 6.46. The fourth-order valence-electron chi connectivity index (χ4n) is 1.97. The highest BCUT2D eigenvalue weighted by Crippen LogP contribution is 2.25. The van der Waals surface area contributed by atoms with Crippen LogP contribution in [0.1, 0.15) is 19.4 Å². The lowest BCUT2D eigenvalue weighted by atomic mass is 10.1. The van der Waals surface area contributed by atoms with Gasteiger partial charge < -0.3 is 4.74 Å². The lowest BCUT2D eigenvalue weighted by Gasteiger charge is -2.11. The number of hydrogen-bond donors (Lipinski definition) is 1. The quantitative estimate of drug-likeness (QED) is 0.918. The van der Waals surface area contributed by atoms with E-state index in [1.54, 1.807) is 18.3 Å². The van der Waals surface area contributed by atoms with Crippen molar-refractivity contribution in [2.45, 2.75) is 25.7 Å². The minimum atomic E-state index is -3.71. The van der Waals surface area contributed by atoms with Crippen LogP contribution in [0.3, 0.4) is 0 Å². The summed E-state index contributed by atoms with van der Waals surface area (Å²) < 4.78 is 28.5. The molecule has 0 aliphatic heterocycles. The molecule has 0 saturated carbocycles. The highest BCUT2D eigenvalue weighted by atomic mass is 32.2. The average molecular weight is 320 g/mol. The third-order valence-electron chi connectivity index (χ3n) is 3.08. The Kier molecular flexibility index (Phi) is 4.83. The Morgan fingerprint density at radius 2 is 1.95 bits per heavy atom. The standard InChI is InChI=1S/C16H20N2O3S/c1-11(2)10-21-16-12(3)7-14(9-18-16)13-5-4-6-15(8-13)22(17,19)20/h4-9,11H,10H2,1-3H3,(H2,17,19,20). The van der Waals surface area contributed by atoms with Gasteiger partial charge in [0, 0.05) is 17.3 Å². The number of aryl methyl sites for hydroxylation is 1. The first-order chi connectivity index (χ1) is 10.3. The van der Waals surface area contributed by atoms with Crippen LogP contribution in [0.5, 0.6) is 5.88 Å². The van der Waals surface area contributed by atoms with Gasteiger partial charge in [0.15, 0.2) is 0 Å². The summed E-state index contributed by atoms with van der Waals surface area (Å²) in [5.41, 5.74) is 2.47. The number of hydrogen-bond acceptors (Lipinski definition) is 4. The molecule has 0 bridgehead atoms. The maximum Gasteiger partial charge on any atom is 0.238 e. The zero-order valence-corrected chi connectivity index (χ0v) is 13.7. The fourth-order valence-corrected chi connectivity index (χ4v) is 2.53. The number of sulfonamides is 1. The van der Waals surface area contributed by atoms with E-state index in [2.05, 4.69) is 18.8 Å². The van der Waals surface area contributed by atoms with Gasteiger partial charge in [0.2, 0.25) is 15.9 Å². The number of pyridine rings is 1. The number of nitrogens with zero attached hydrogens (tertiary/aromatic N) is 1.